The Morgan fingerprint density at radius 3 is 2.90 bits per heavy atom. The molecule has 0 aliphatic heterocycles. The van der Waals surface area contributed by atoms with Crippen molar-refractivity contribution in [3.63, 3.8) is 0 Å². The molecule has 0 bridgehead atoms. The van der Waals surface area contributed by atoms with Crippen LogP contribution in [0.4, 0.5) is 5.69 Å². The van der Waals surface area contributed by atoms with E-state index in [9.17, 15) is 4.79 Å². The molecule has 0 atom stereocenters. The number of aromatic nitrogens is 3. The van der Waals surface area contributed by atoms with Crippen LogP contribution >= 0.6 is 23.2 Å². The van der Waals surface area contributed by atoms with Gasteiger partial charge in [-0.3, -0.25) is 9.48 Å². The Kier molecular flexibility index (Phi) is 3.16. The molecule has 20 heavy (non-hydrogen) atoms. The normalized spacial score (nSPS) is 10.9. The summed E-state index contributed by atoms with van der Waals surface area (Å²) in [6.45, 7) is 0. The number of amides is 1. The summed E-state index contributed by atoms with van der Waals surface area (Å²) in [4.78, 5) is 15.2. The Morgan fingerprint density at radius 2 is 2.20 bits per heavy atom. The number of H-pyrrole nitrogens is 1. The number of hydrogen-bond acceptors (Lipinski definition) is 2. The Bertz CT molecular complexity index is 806. The molecule has 2 aromatic heterocycles. The second-order valence-electron chi connectivity index (χ2n) is 4.36. The van der Waals surface area contributed by atoms with E-state index in [4.69, 9.17) is 23.2 Å². The lowest BCUT2D eigenvalue weighted by atomic mass is 10.2. The second-order valence-corrected chi connectivity index (χ2v) is 5.18. The number of anilines is 1. The number of rotatable bonds is 2. The number of halogens is 2. The molecule has 2 heterocycles. The third-order valence-electron chi connectivity index (χ3n) is 2.89. The molecule has 2 N–H and O–H groups in total. The van der Waals surface area contributed by atoms with Crippen molar-refractivity contribution in [3.05, 3.63) is 46.3 Å². The minimum Gasteiger partial charge on any atom is -0.349 e. The minimum absolute atomic E-state index is 0.299. The average Bonchev–Trinajstić information content (AvgIpc) is 2.94. The lowest BCUT2D eigenvalue weighted by Gasteiger charge is -2.00. The van der Waals surface area contributed by atoms with Crippen molar-refractivity contribution in [1.82, 2.24) is 14.8 Å². The van der Waals surface area contributed by atoms with E-state index in [2.05, 4.69) is 15.4 Å². The van der Waals surface area contributed by atoms with Crippen LogP contribution in [0.15, 0.2) is 30.6 Å². The monoisotopic (exact) mass is 308 g/mol. The van der Waals surface area contributed by atoms with Gasteiger partial charge in [0, 0.05) is 29.2 Å². The van der Waals surface area contributed by atoms with Gasteiger partial charge in [0.15, 0.2) is 0 Å². The van der Waals surface area contributed by atoms with Gasteiger partial charge in [0.2, 0.25) is 0 Å². The fraction of sp³-hybridized carbons (Fsp3) is 0.0769. The molecule has 0 aliphatic carbocycles. The molecule has 0 saturated carbocycles. The van der Waals surface area contributed by atoms with Crippen molar-refractivity contribution in [1.29, 1.82) is 0 Å². The van der Waals surface area contributed by atoms with Crippen LogP contribution in [0.1, 0.15) is 10.5 Å². The van der Waals surface area contributed by atoms with Crippen molar-refractivity contribution >= 4 is 45.7 Å². The number of aromatic amines is 1. The summed E-state index contributed by atoms with van der Waals surface area (Å²) < 4.78 is 1.60. The molecule has 5 nitrogen and oxygen atoms in total. The first-order chi connectivity index (χ1) is 9.54. The van der Waals surface area contributed by atoms with Crippen LogP contribution in [-0.2, 0) is 7.05 Å². The Balaban J connectivity index is 1.97. The third-order valence-corrected chi connectivity index (χ3v) is 3.51. The predicted molar refractivity (Wildman–Crippen MR) is 79.5 cm³/mol. The zero-order valence-electron chi connectivity index (χ0n) is 10.4. The summed E-state index contributed by atoms with van der Waals surface area (Å²) in [5.74, 6) is -0.324. The van der Waals surface area contributed by atoms with Gasteiger partial charge in [-0.2, -0.15) is 5.10 Å². The lowest BCUT2D eigenvalue weighted by molar-refractivity contribution is 0.102. The first-order valence-electron chi connectivity index (χ1n) is 5.81. The first-order valence-corrected chi connectivity index (χ1v) is 6.57. The smallest absolute Gasteiger partial charge is 0.273 e. The van der Waals surface area contributed by atoms with Gasteiger partial charge in [-0.15, -0.1) is 0 Å². The summed E-state index contributed by atoms with van der Waals surface area (Å²) in [6, 6.07) is 5.24. The van der Waals surface area contributed by atoms with Crippen LogP contribution < -0.4 is 5.32 Å². The van der Waals surface area contributed by atoms with Gasteiger partial charge in [-0.05, 0) is 18.2 Å². The number of nitrogens with zero attached hydrogens (tertiary/aromatic N) is 2. The van der Waals surface area contributed by atoms with E-state index in [-0.39, 0.29) is 5.91 Å². The molecule has 3 aromatic rings. The number of nitrogens with one attached hydrogen (secondary N) is 2. The highest BCUT2D eigenvalue weighted by Gasteiger charge is 2.17. The topological polar surface area (TPSA) is 62.7 Å². The van der Waals surface area contributed by atoms with Gasteiger partial charge in [0.25, 0.3) is 5.91 Å². The molecule has 0 unspecified atom stereocenters. The average molecular weight is 309 g/mol. The van der Waals surface area contributed by atoms with Gasteiger partial charge in [0.05, 0.1) is 16.9 Å². The molecule has 0 radical (unpaired) electrons. The molecule has 0 fully saturated rings. The fourth-order valence-electron chi connectivity index (χ4n) is 1.97. The number of benzene rings is 1. The van der Waals surface area contributed by atoms with E-state index in [1.807, 2.05) is 0 Å². The van der Waals surface area contributed by atoms with Crippen LogP contribution in [0.2, 0.25) is 10.0 Å². The maximum absolute atomic E-state index is 12.2. The number of carbonyl (C=O) groups excluding carboxylic acids is 1. The Morgan fingerprint density at radius 1 is 1.40 bits per heavy atom. The van der Waals surface area contributed by atoms with Crippen molar-refractivity contribution in [2.75, 3.05) is 5.32 Å². The third kappa shape index (κ3) is 2.26. The van der Waals surface area contributed by atoms with Gasteiger partial charge >= 0.3 is 0 Å². The van der Waals surface area contributed by atoms with Gasteiger partial charge in [-0.25, -0.2) is 0 Å². The first kappa shape index (κ1) is 13.0. The van der Waals surface area contributed by atoms with E-state index in [1.165, 1.54) is 0 Å². The molecule has 3 rings (SSSR count). The molecule has 1 amide bonds. The lowest BCUT2D eigenvalue weighted by Crippen LogP contribution is -2.12. The van der Waals surface area contributed by atoms with E-state index in [0.29, 0.717) is 21.4 Å². The summed E-state index contributed by atoms with van der Waals surface area (Å²) in [6.07, 6.45) is 3.26. The molecular weight excluding hydrogens is 299 g/mol. The van der Waals surface area contributed by atoms with Crippen molar-refractivity contribution in [2.45, 2.75) is 0 Å². The van der Waals surface area contributed by atoms with Crippen LogP contribution in [0, 0.1) is 0 Å². The number of aryl methyl sites for hydroxylation is 1. The van der Waals surface area contributed by atoms with Gasteiger partial charge < -0.3 is 10.3 Å². The van der Waals surface area contributed by atoms with Crippen LogP contribution in [0.5, 0.6) is 0 Å². The van der Waals surface area contributed by atoms with Gasteiger partial charge in [0.1, 0.15) is 5.69 Å². The standard InChI is InChI=1S/C13H10Cl2N4O/c1-19-6-8(5-16-19)17-13(20)12-11(15)9-4-7(14)2-3-10(9)18-12/h2-6,18H,1H3,(H,17,20). The summed E-state index contributed by atoms with van der Waals surface area (Å²) in [7, 11) is 1.77. The Labute approximate surface area is 124 Å². The Hall–Kier alpha value is -1.98. The highest BCUT2D eigenvalue weighted by molar-refractivity contribution is 6.40. The number of hydrogen-bond donors (Lipinski definition) is 2. The molecular formula is C13H10Cl2N4O. The van der Waals surface area contributed by atoms with Crippen LogP contribution in [0.3, 0.4) is 0 Å². The van der Waals surface area contributed by atoms with E-state index in [1.54, 1.807) is 42.3 Å². The molecule has 0 spiro atoms. The summed E-state index contributed by atoms with van der Waals surface area (Å²) >= 11 is 12.2. The zero-order chi connectivity index (χ0) is 14.3. The van der Waals surface area contributed by atoms with Crippen molar-refractivity contribution in [3.8, 4) is 0 Å². The molecule has 0 saturated heterocycles. The van der Waals surface area contributed by atoms with Gasteiger partial charge in [-0.1, -0.05) is 23.2 Å². The van der Waals surface area contributed by atoms with Crippen molar-refractivity contribution < 1.29 is 4.79 Å². The predicted octanol–water partition coefficient (Wildman–Crippen LogP) is 3.46. The maximum atomic E-state index is 12.2. The zero-order valence-corrected chi connectivity index (χ0v) is 12.0. The summed E-state index contributed by atoms with van der Waals surface area (Å²) in [5, 5.41) is 8.34. The molecule has 0 aliphatic rings. The van der Waals surface area contributed by atoms with E-state index < -0.39 is 0 Å². The van der Waals surface area contributed by atoms with Crippen molar-refractivity contribution in [2.24, 2.45) is 7.05 Å². The van der Waals surface area contributed by atoms with E-state index >= 15 is 0 Å². The SMILES string of the molecule is Cn1cc(NC(=O)c2[nH]c3ccc(Cl)cc3c2Cl)cn1. The fourth-order valence-corrected chi connectivity index (χ4v) is 2.43. The quantitative estimate of drug-likeness (QED) is 0.761. The minimum atomic E-state index is -0.324. The summed E-state index contributed by atoms with van der Waals surface area (Å²) in [5.41, 5.74) is 1.66. The largest absolute Gasteiger partial charge is 0.349 e. The number of fused-ring (bicyclic) bond motifs is 1. The van der Waals surface area contributed by atoms with Crippen LogP contribution in [-0.4, -0.2) is 20.7 Å². The maximum Gasteiger partial charge on any atom is 0.273 e. The second kappa shape index (κ2) is 4.85. The molecule has 7 heteroatoms. The van der Waals surface area contributed by atoms with E-state index in [0.717, 1.165) is 10.9 Å². The number of carbonyl (C=O) groups is 1. The molecule has 102 valence electrons. The highest BCUT2D eigenvalue weighted by Crippen LogP contribution is 2.30. The molecule has 1 aromatic carbocycles. The van der Waals surface area contributed by atoms with Crippen LogP contribution in [0.25, 0.3) is 10.9 Å². The highest BCUT2D eigenvalue weighted by atomic mass is 35.5.